The molecule has 1 aromatic rings. The van der Waals surface area contributed by atoms with Gasteiger partial charge in [-0.3, -0.25) is 4.79 Å². The molecule has 1 aliphatic carbocycles. The zero-order valence-electron chi connectivity index (χ0n) is 15.3. The van der Waals surface area contributed by atoms with Gasteiger partial charge in [-0.25, -0.2) is 8.42 Å². The van der Waals surface area contributed by atoms with E-state index in [1.807, 2.05) is 4.90 Å². The van der Waals surface area contributed by atoms with E-state index in [1.165, 1.54) is 32.1 Å². The number of nitrogens with zero attached hydrogens (tertiary/aromatic N) is 1. The van der Waals surface area contributed by atoms with Crippen LogP contribution in [0.3, 0.4) is 0 Å². The summed E-state index contributed by atoms with van der Waals surface area (Å²) < 4.78 is 25.2. The van der Waals surface area contributed by atoms with Crippen LogP contribution in [0.15, 0.2) is 29.2 Å². The van der Waals surface area contributed by atoms with E-state index in [-0.39, 0.29) is 10.8 Å². The summed E-state index contributed by atoms with van der Waals surface area (Å²) in [6, 6.07) is 6.66. The van der Waals surface area contributed by atoms with Crippen molar-refractivity contribution < 1.29 is 13.2 Å². The quantitative estimate of drug-likeness (QED) is 0.814. The lowest BCUT2D eigenvalue weighted by Gasteiger charge is -2.44. The molecule has 4 nitrogen and oxygen atoms in total. The van der Waals surface area contributed by atoms with Crippen molar-refractivity contribution in [2.24, 2.45) is 5.41 Å². The molecule has 2 aliphatic rings. The fourth-order valence-electron chi connectivity index (χ4n) is 4.30. The first-order chi connectivity index (χ1) is 11.9. The summed E-state index contributed by atoms with van der Waals surface area (Å²) in [5.74, 6) is -0.134. The van der Waals surface area contributed by atoms with Gasteiger partial charge in [-0.15, -0.1) is 0 Å². The van der Waals surface area contributed by atoms with Gasteiger partial charge in [0.2, 0.25) is 0 Å². The van der Waals surface area contributed by atoms with E-state index in [0.717, 1.165) is 25.9 Å². The number of amides is 1. The minimum Gasteiger partial charge on any atom is -0.339 e. The second-order valence-electron chi connectivity index (χ2n) is 7.94. The van der Waals surface area contributed by atoms with E-state index in [2.05, 4.69) is 0 Å². The lowest BCUT2D eigenvalue weighted by Crippen LogP contribution is -2.44. The van der Waals surface area contributed by atoms with Crippen LogP contribution in [0.5, 0.6) is 0 Å². The fraction of sp³-hybridized carbons (Fsp3) is 0.650. The van der Waals surface area contributed by atoms with Crippen LogP contribution in [0.4, 0.5) is 0 Å². The highest BCUT2D eigenvalue weighted by Gasteiger charge is 2.37. The molecule has 0 atom stereocenters. The van der Waals surface area contributed by atoms with Crippen molar-refractivity contribution in [3.63, 3.8) is 0 Å². The standard InChI is InChI=1S/C20H29NO3S/c1-16(2)25(23,24)18-9-5-4-8-17(18)19(22)21-14-12-20(13-15-21)10-6-3-7-11-20/h4-5,8-9,16H,3,6-7,10-15H2,1-2H3. The van der Waals surface area contributed by atoms with Crippen LogP contribution >= 0.6 is 0 Å². The first kappa shape index (κ1) is 18.4. The van der Waals surface area contributed by atoms with Crippen LogP contribution < -0.4 is 0 Å². The molecule has 0 N–H and O–H groups in total. The number of sulfone groups is 1. The van der Waals surface area contributed by atoms with Crippen molar-refractivity contribution in [1.29, 1.82) is 0 Å². The van der Waals surface area contributed by atoms with Crippen molar-refractivity contribution in [2.45, 2.75) is 68.9 Å². The van der Waals surface area contributed by atoms with Gasteiger partial charge in [-0.2, -0.15) is 0 Å². The summed E-state index contributed by atoms with van der Waals surface area (Å²) in [7, 11) is -3.47. The van der Waals surface area contributed by atoms with Crippen molar-refractivity contribution in [3.05, 3.63) is 29.8 Å². The van der Waals surface area contributed by atoms with Crippen molar-refractivity contribution >= 4 is 15.7 Å². The second-order valence-corrected chi connectivity index (χ2v) is 10.4. The fourth-order valence-corrected chi connectivity index (χ4v) is 5.54. The number of carbonyl (C=O) groups is 1. The molecule has 0 bridgehead atoms. The molecule has 2 fully saturated rings. The summed E-state index contributed by atoms with van der Waals surface area (Å²) in [6.07, 6.45) is 8.63. The van der Waals surface area contributed by atoms with Gasteiger partial charge in [0.05, 0.1) is 15.7 Å². The van der Waals surface area contributed by atoms with Crippen LogP contribution in [0.25, 0.3) is 0 Å². The van der Waals surface area contributed by atoms with Gasteiger partial charge in [-0.05, 0) is 57.1 Å². The summed E-state index contributed by atoms with van der Waals surface area (Å²) in [6.45, 7) is 4.80. The van der Waals surface area contributed by atoms with Gasteiger partial charge in [0, 0.05) is 13.1 Å². The highest BCUT2D eigenvalue weighted by molar-refractivity contribution is 7.92. The van der Waals surface area contributed by atoms with Gasteiger partial charge in [-0.1, -0.05) is 31.4 Å². The van der Waals surface area contributed by atoms with Gasteiger partial charge in [0.1, 0.15) is 0 Å². The minimum atomic E-state index is -3.47. The zero-order valence-corrected chi connectivity index (χ0v) is 16.1. The molecule has 25 heavy (non-hydrogen) atoms. The molecule has 1 spiro atoms. The summed E-state index contributed by atoms with van der Waals surface area (Å²) >= 11 is 0. The smallest absolute Gasteiger partial charge is 0.255 e. The molecule has 1 saturated heterocycles. The number of hydrogen-bond donors (Lipinski definition) is 0. The van der Waals surface area contributed by atoms with Crippen molar-refractivity contribution in [1.82, 2.24) is 4.90 Å². The number of hydrogen-bond acceptors (Lipinski definition) is 3. The molecule has 5 heteroatoms. The predicted octanol–water partition coefficient (Wildman–Crippen LogP) is 4.06. The monoisotopic (exact) mass is 363 g/mol. The Balaban J connectivity index is 1.79. The molecule has 1 saturated carbocycles. The maximum Gasteiger partial charge on any atom is 0.255 e. The Morgan fingerprint density at radius 3 is 2.20 bits per heavy atom. The lowest BCUT2D eigenvalue weighted by molar-refractivity contribution is 0.0469. The SMILES string of the molecule is CC(C)S(=O)(=O)c1ccccc1C(=O)N1CCC2(CCCCC2)CC1. The van der Waals surface area contributed by atoms with Crippen LogP contribution in [0.1, 0.15) is 69.2 Å². The molecular formula is C20H29NO3S. The maximum atomic E-state index is 13.0. The van der Waals surface area contributed by atoms with Gasteiger partial charge < -0.3 is 4.90 Å². The Morgan fingerprint density at radius 2 is 1.60 bits per heavy atom. The van der Waals surface area contributed by atoms with E-state index in [4.69, 9.17) is 0 Å². The van der Waals surface area contributed by atoms with Crippen molar-refractivity contribution in [3.8, 4) is 0 Å². The Bertz CT molecular complexity index is 723. The average Bonchev–Trinajstić information content (AvgIpc) is 2.62. The minimum absolute atomic E-state index is 0.134. The number of piperidine rings is 1. The zero-order chi connectivity index (χ0) is 18.1. The van der Waals surface area contributed by atoms with Crippen LogP contribution in [-0.2, 0) is 9.84 Å². The van der Waals surface area contributed by atoms with E-state index in [0.29, 0.717) is 11.0 Å². The molecule has 0 radical (unpaired) electrons. The Morgan fingerprint density at radius 1 is 1.00 bits per heavy atom. The molecule has 1 aliphatic heterocycles. The van der Waals surface area contributed by atoms with Crippen LogP contribution in [0.2, 0.25) is 0 Å². The largest absolute Gasteiger partial charge is 0.339 e. The van der Waals surface area contributed by atoms with Gasteiger partial charge in [0.25, 0.3) is 5.91 Å². The molecule has 3 rings (SSSR count). The first-order valence-corrected chi connectivity index (χ1v) is 11.0. The lowest BCUT2D eigenvalue weighted by atomic mass is 9.68. The third kappa shape index (κ3) is 3.62. The number of rotatable bonds is 3. The summed E-state index contributed by atoms with van der Waals surface area (Å²) in [4.78, 5) is 15.1. The topological polar surface area (TPSA) is 54.5 Å². The third-order valence-electron chi connectivity index (χ3n) is 6.07. The van der Waals surface area contributed by atoms with Crippen LogP contribution in [0, 0.1) is 5.41 Å². The molecule has 138 valence electrons. The third-order valence-corrected chi connectivity index (χ3v) is 8.28. The van der Waals surface area contributed by atoms with Gasteiger partial charge >= 0.3 is 0 Å². The van der Waals surface area contributed by atoms with E-state index in [1.54, 1.807) is 38.1 Å². The molecule has 1 aromatic carbocycles. The van der Waals surface area contributed by atoms with Crippen LogP contribution in [-0.4, -0.2) is 37.6 Å². The first-order valence-electron chi connectivity index (χ1n) is 9.48. The number of benzene rings is 1. The normalized spacial score (nSPS) is 20.8. The highest BCUT2D eigenvalue weighted by Crippen LogP contribution is 2.44. The second kappa shape index (κ2) is 7.10. The highest BCUT2D eigenvalue weighted by atomic mass is 32.2. The number of carbonyl (C=O) groups excluding carboxylic acids is 1. The predicted molar refractivity (Wildman–Crippen MR) is 99.4 cm³/mol. The summed E-state index contributed by atoms with van der Waals surface area (Å²) in [5, 5.41) is -0.534. The van der Waals surface area contributed by atoms with Gasteiger partial charge in [0.15, 0.2) is 9.84 Å². The number of likely N-dealkylation sites (tertiary alicyclic amines) is 1. The van der Waals surface area contributed by atoms with E-state index in [9.17, 15) is 13.2 Å². The van der Waals surface area contributed by atoms with E-state index < -0.39 is 15.1 Å². The average molecular weight is 364 g/mol. The van der Waals surface area contributed by atoms with Crippen molar-refractivity contribution in [2.75, 3.05) is 13.1 Å². The maximum absolute atomic E-state index is 13.0. The Kier molecular flexibility index (Phi) is 5.24. The Hall–Kier alpha value is -1.36. The van der Waals surface area contributed by atoms with E-state index >= 15 is 0 Å². The summed E-state index contributed by atoms with van der Waals surface area (Å²) in [5.41, 5.74) is 0.759. The molecule has 1 amide bonds. The molecule has 0 aromatic heterocycles. The Labute approximate surface area is 151 Å². The molecule has 1 heterocycles. The molecular weight excluding hydrogens is 334 g/mol. The molecule has 0 unspecified atom stereocenters.